The summed E-state index contributed by atoms with van der Waals surface area (Å²) in [5, 5.41) is 0. The van der Waals surface area contributed by atoms with Gasteiger partial charge in [0, 0.05) is 12.8 Å². The number of rotatable bonds is 0. The topological polar surface area (TPSA) is 26.3 Å². The van der Waals surface area contributed by atoms with Crippen molar-refractivity contribution in [1.82, 2.24) is 0 Å². The number of ketones is 1. The second-order valence-corrected chi connectivity index (χ2v) is 5.46. The van der Waals surface area contributed by atoms with E-state index >= 15 is 0 Å². The Balaban J connectivity index is 2.09. The van der Waals surface area contributed by atoms with Gasteiger partial charge < -0.3 is 4.74 Å². The summed E-state index contributed by atoms with van der Waals surface area (Å²) in [7, 11) is 0. The van der Waals surface area contributed by atoms with E-state index in [-0.39, 0.29) is 11.2 Å². The second-order valence-electron chi connectivity index (χ2n) is 5.46. The van der Waals surface area contributed by atoms with Gasteiger partial charge in [-0.25, -0.2) is 0 Å². The fourth-order valence-electron chi connectivity index (χ4n) is 3.48. The second kappa shape index (κ2) is 3.07. The van der Waals surface area contributed by atoms with Gasteiger partial charge in [-0.15, -0.1) is 0 Å². The van der Waals surface area contributed by atoms with Gasteiger partial charge in [0.05, 0.1) is 11.2 Å². The van der Waals surface area contributed by atoms with Gasteiger partial charge in [-0.05, 0) is 44.3 Å². The smallest absolute Gasteiger partial charge is 0.136 e. The minimum atomic E-state index is -0.226. The van der Waals surface area contributed by atoms with Crippen LogP contribution in [0.15, 0.2) is 23.3 Å². The van der Waals surface area contributed by atoms with E-state index in [9.17, 15) is 4.79 Å². The van der Waals surface area contributed by atoms with Crippen LogP contribution in [0.1, 0.15) is 46.0 Å². The zero-order valence-corrected chi connectivity index (χ0v) is 10.0. The molecule has 3 rings (SSSR count). The van der Waals surface area contributed by atoms with Crippen LogP contribution in [-0.4, -0.2) is 17.0 Å². The zero-order valence-electron chi connectivity index (χ0n) is 10.0. The van der Waals surface area contributed by atoms with Crippen molar-refractivity contribution in [1.29, 1.82) is 0 Å². The molecule has 16 heavy (non-hydrogen) atoms. The van der Waals surface area contributed by atoms with Crippen LogP contribution < -0.4 is 0 Å². The molecule has 2 nitrogen and oxygen atoms in total. The van der Waals surface area contributed by atoms with Crippen molar-refractivity contribution in [3.8, 4) is 0 Å². The van der Waals surface area contributed by atoms with Crippen molar-refractivity contribution in [3.05, 3.63) is 23.3 Å². The van der Waals surface area contributed by atoms with Crippen LogP contribution in [0.25, 0.3) is 0 Å². The molecule has 1 aliphatic carbocycles. The summed E-state index contributed by atoms with van der Waals surface area (Å²) < 4.78 is 6.29. The van der Waals surface area contributed by atoms with Gasteiger partial charge in [0.1, 0.15) is 5.78 Å². The Morgan fingerprint density at radius 1 is 1.38 bits per heavy atom. The fourth-order valence-corrected chi connectivity index (χ4v) is 3.48. The molecule has 0 aromatic heterocycles. The van der Waals surface area contributed by atoms with Crippen LogP contribution in [0.5, 0.6) is 0 Å². The maximum Gasteiger partial charge on any atom is 0.136 e. The SMILES string of the molecule is CC=C1C=C2CCC(=O)CC23CCC1(C)O3. The highest BCUT2D eigenvalue weighted by Crippen LogP contribution is 2.54. The predicted octanol–water partition coefficient (Wildman–Crippen LogP) is 2.93. The fraction of sp³-hybridized carbons (Fsp3) is 0.643. The van der Waals surface area contributed by atoms with Crippen LogP contribution >= 0.6 is 0 Å². The highest BCUT2D eigenvalue weighted by atomic mass is 16.5. The van der Waals surface area contributed by atoms with E-state index in [4.69, 9.17) is 4.74 Å². The van der Waals surface area contributed by atoms with Crippen molar-refractivity contribution in [2.24, 2.45) is 0 Å². The highest BCUT2D eigenvalue weighted by Gasteiger charge is 2.54. The molecule has 2 heterocycles. The minimum absolute atomic E-state index is 0.143. The van der Waals surface area contributed by atoms with Gasteiger partial charge in [0.2, 0.25) is 0 Å². The van der Waals surface area contributed by atoms with Crippen molar-refractivity contribution < 1.29 is 9.53 Å². The van der Waals surface area contributed by atoms with Gasteiger partial charge in [-0.2, -0.15) is 0 Å². The summed E-state index contributed by atoms with van der Waals surface area (Å²) in [5.74, 6) is 0.366. The van der Waals surface area contributed by atoms with E-state index in [0.29, 0.717) is 18.6 Å². The molecule has 0 N–H and O–H groups in total. The van der Waals surface area contributed by atoms with Crippen LogP contribution in [0.4, 0.5) is 0 Å². The molecule has 2 bridgehead atoms. The lowest BCUT2D eigenvalue weighted by molar-refractivity contribution is -0.130. The average molecular weight is 218 g/mol. The Bertz CT molecular complexity index is 418. The lowest BCUT2D eigenvalue weighted by Crippen LogP contribution is -2.44. The molecule has 2 unspecified atom stereocenters. The van der Waals surface area contributed by atoms with Crippen LogP contribution in [0.3, 0.4) is 0 Å². The van der Waals surface area contributed by atoms with Gasteiger partial charge in [-0.3, -0.25) is 4.79 Å². The van der Waals surface area contributed by atoms with Crippen molar-refractivity contribution >= 4 is 5.78 Å². The summed E-state index contributed by atoms with van der Waals surface area (Å²) in [5.41, 5.74) is 2.28. The molecule has 86 valence electrons. The lowest BCUT2D eigenvalue weighted by Gasteiger charge is -2.42. The number of carbonyl (C=O) groups is 1. The molecule has 1 saturated carbocycles. The summed E-state index contributed by atoms with van der Waals surface area (Å²) in [4.78, 5) is 11.6. The quantitative estimate of drug-likeness (QED) is 0.625. The lowest BCUT2D eigenvalue weighted by atomic mass is 9.77. The van der Waals surface area contributed by atoms with Crippen LogP contribution in [0, 0.1) is 0 Å². The number of hydrogen-bond donors (Lipinski definition) is 0. The van der Waals surface area contributed by atoms with E-state index < -0.39 is 0 Å². The summed E-state index contributed by atoms with van der Waals surface area (Å²) in [6.45, 7) is 4.23. The first-order valence-electron chi connectivity index (χ1n) is 6.18. The van der Waals surface area contributed by atoms with Gasteiger partial charge in [0.15, 0.2) is 0 Å². The van der Waals surface area contributed by atoms with E-state index in [0.717, 1.165) is 19.3 Å². The molecule has 2 heteroatoms. The van der Waals surface area contributed by atoms with E-state index in [2.05, 4.69) is 26.0 Å². The predicted molar refractivity (Wildman–Crippen MR) is 62.2 cm³/mol. The average Bonchev–Trinajstić information content (AvgIpc) is 2.51. The largest absolute Gasteiger partial charge is 0.359 e. The molecule has 3 aliphatic rings. The summed E-state index contributed by atoms with van der Waals surface area (Å²) >= 11 is 0. The maximum atomic E-state index is 11.6. The number of ether oxygens (including phenoxy) is 1. The van der Waals surface area contributed by atoms with Crippen LogP contribution in [-0.2, 0) is 9.53 Å². The summed E-state index contributed by atoms with van der Waals surface area (Å²) in [6.07, 6.45) is 8.70. The van der Waals surface area contributed by atoms with E-state index in [1.165, 1.54) is 11.1 Å². The Kier molecular flexibility index (Phi) is 1.97. The number of fused-ring (bicyclic) bond motifs is 1. The van der Waals surface area contributed by atoms with Crippen molar-refractivity contribution in [2.75, 3.05) is 0 Å². The molecule has 0 radical (unpaired) electrons. The van der Waals surface area contributed by atoms with Gasteiger partial charge >= 0.3 is 0 Å². The molecular formula is C14H18O2. The first kappa shape index (κ1) is 10.3. The minimum Gasteiger partial charge on any atom is -0.359 e. The van der Waals surface area contributed by atoms with E-state index in [1.54, 1.807) is 0 Å². The van der Waals surface area contributed by atoms with E-state index in [1.807, 2.05) is 0 Å². The normalized spacial score (nSPS) is 44.5. The number of hydrogen-bond acceptors (Lipinski definition) is 2. The Morgan fingerprint density at radius 3 is 2.94 bits per heavy atom. The molecule has 2 aliphatic heterocycles. The standard InChI is InChI=1S/C14H18O2/c1-3-10-8-11-4-5-12(15)9-14(11)7-6-13(10,2)16-14/h3,8H,4-7,9H2,1-2H3. The molecule has 2 fully saturated rings. The van der Waals surface area contributed by atoms with Gasteiger partial charge in [-0.1, -0.05) is 12.2 Å². The highest BCUT2D eigenvalue weighted by molar-refractivity contribution is 5.82. The van der Waals surface area contributed by atoms with Gasteiger partial charge in [0.25, 0.3) is 0 Å². The summed E-state index contributed by atoms with van der Waals surface area (Å²) in [6, 6.07) is 0. The monoisotopic (exact) mass is 218 g/mol. The Hall–Kier alpha value is -0.890. The van der Waals surface area contributed by atoms with Crippen molar-refractivity contribution in [3.63, 3.8) is 0 Å². The molecule has 1 saturated heterocycles. The molecule has 2 atom stereocenters. The zero-order chi connectivity index (χ0) is 11.4. The van der Waals surface area contributed by atoms with Crippen LogP contribution in [0.2, 0.25) is 0 Å². The molecule has 0 aromatic carbocycles. The Morgan fingerprint density at radius 2 is 2.19 bits per heavy atom. The molecule has 1 spiro atoms. The third-order valence-corrected chi connectivity index (χ3v) is 4.42. The maximum absolute atomic E-state index is 11.6. The molecular weight excluding hydrogens is 200 g/mol. The Labute approximate surface area is 96.4 Å². The van der Waals surface area contributed by atoms with Crippen molar-refractivity contribution in [2.45, 2.75) is 57.2 Å². The first-order chi connectivity index (χ1) is 7.58. The third-order valence-electron chi connectivity index (χ3n) is 4.42. The molecule has 0 aromatic rings. The number of carbonyl (C=O) groups excluding carboxylic acids is 1. The third kappa shape index (κ3) is 1.20. The first-order valence-corrected chi connectivity index (χ1v) is 6.18. The molecule has 0 amide bonds. The number of allylic oxidation sites excluding steroid dienone is 1. The number of Topliss-reactive ketones (excluding diaryl/α,β-unsaturated/α-hetero) is 1.